The summed E-state index contributed by atoms with van der Waals surface area (Å²) in [6, 6.07) is 8.68. The molecule has 0 heterocycles. The lowest BCUT2D eigenvalue weighted by atomic mass is 9.85. The van der Waals surface area contributed by atoms with Gasteiger partial charge in [-0.3, -0.25) is 4.79 Å². The number of hydrogen-bond acceptors (Lipinski definition) is 2. The molecule has 0 amide bonds. The van der Waals surface area contributed by atoms with Crippen molar-refractivity contribution in [3.8, 4) is 5.75 Å². The molecule has 1 aliphatic rings. The Hall–Kier alpha value is -2.54. The van der Waals surface area contributed by atoms with Gasteiger partial charge in [-0.25, -0.2) is 17.6 Å². The van der Waals surface area contributed by atoms with Gasteiger partial charge in [-0.05, 0) is 59.4 Å². The number of benzene rings is 2. The van der Waals surface area contributed by atoms with Crippen LogP contribution in [0.1, 0.15) is 36.8 Å². The highest BCUT2D eigenvalue weighted by Gasteiger charge is 2.36. The molecule has 3 rings (SSSR count). The number of ether oxygens (including phenoxy) is 1. The average molecular weight is 443 g/mol. The molecule has 1 N–H and O–H groups in total. The molecule has 8 heteroatoms. The number of carboxylic acid groups (broad SMARTS) is 1. The summed E-state index contributed by atoms with van der Waals surface area (Å²) in [5, 5.41) is 9.19. The quantitative estimate of drug-likeness (QED) is 0.513. The molecule has 0 spiro atoms. The fourth-order valence-corrected chi connectivity index (χ4v) is 3.56. The van der Waals surface area contributed by atoms with E-state index in [0.29, 0.717) is 16.2 Å². The number of hydrogen-bond donors (Lipinski definition) is 1. The molecule has 0 atom stereocenters. The summed E-state index contributed by atoms with van der Waals surface area (Å²) in [4.78, 5) is 10.6. The first-order valence-corrected chi connectivity index (χ1v) is 9.69. The summed E-state index contributed by atoms with van der Waals surface area (Å²) in [7, 11) is 0. The van der Waals surface area contributed by atoms with Crippen molar-refractivity contribution >= 4 is 23.1 Å². The molecule has 0 aliphatic heterocycles. The molecular formula is C22H19ClF4O3. The van der Waals surface area contributed by atoms with Crippen LogP contribution < -0.4 is 4.74 Å². The molecule has 1 aliphatic carbocycles. The normalized spacial score (nSPS) is 15.9. The maximum absolute atomic E-state index is 14.3. The maximum atomic E-state index is 14.3. The van der Waals surface area contributed by atoms with Crippen LogP contribution in [0.2, 0.25) is 5.02 Å². The number of rotatable bonds is 7. The zero-order valence-corrected chi connectivity index (χ0v) is 16.6. The Bertz CT molecular complexity index is 948. The van der Waals surface area contributed by atoms with Gasteiger partial charge in [-0.1, -0.05) is 23.7 Å². The molecule has 0 radical (unpaired) electrons. The van der Waals surface area contributed by atoms with Crippen molar-refractivity contribution in [3.63, 3.8) is 0 Å². The Morgan fingerprint density at radius 2 is 1.77 bits per heavy atom. The van der Waals surface area contributed by atoms with E-state index in [0.717, 1.165) is 12.1 Å². The first-order chi connectivity index (χ1) is 14.1. The average Bonchev–Trinajstić information content (AvgIpc) is 2.66. The summed E-state index contributed by atoms with van der Waals surface area (Å²) < 4.78 is 61.9. The SMILES string of the molecule is O=C(O)CCc1cc(F)c(OCC2=C(c3ccc(Cl)cc3)CCC(F)(F)C2)c(F)c1. The highest BCUT2D eigenvalue weighted by Crippen LogP contribution is 2.41. The fourth-order valence-electron chi connectivity index (χ4n) is 3.43. The third kappa shape index (κ3) is 5.53. The van der Waals surface area contributed by atoms with E-state index in [1.165, 1.54) is 0 Å². The zero-order chi connectivity index (χ0) is 21.9. The number of aliphatic carboxylic acids is 1. The van der Waals surface area contributed by atoms with Gasteiger partial charge in [0.05, 0.1) is 0 Å². The first kappa shape index (κ1) is 22.2. The van der Waals surface area contributed by atoms with E-state index >= 15 is 0 Å². The molecule has 2 aromatic carbocycles. The minimum absolute atomic E-state index is 0.0401. The van der Waals surface area contributed by atoms with E-state index in [-0.39, 0.29) is 36.8 Å². The highest BCUT2D eigenvalue weighted by molar-refractivity contribution is 6.30. The standard InChI is InChI=1S/C22H19ClF4O3/c23-16-4-2-14(3-5-16)17-7-8-22(26,27)11-15(17)12-30-21-18(24)9-13(10-19(21)25)1-6-20(28)29/h2-5,9-10H,1,6-8,11-12H2,(H,28,29). The second-order valence-electron chi connectivity index (χ2n) is 7.19. The number of aryl methyl sites for hydroxylation is 1. The Morgan fingerprint density at radius 1 is 1.13 bits per heavy atom. The van der Waals surface area contributed by atoms with E-state index in [4.69, 9.17) is 21.4 Å². The lowest BCUT2D eigenvalue weighted by molar-refractivity contribution is -0.136. The summed E-state index contributed by atoms with van der Waals surface area (Å²) in [6.45, 7) is -0.393. The number of carbonyl (C=O) groups is 1. The van der Waals surface area contributed by atoms with E-state index < -0.39 is 42.3 Å². The Kier molecular flexibility index (Phi) is 6.71. The summed E-state index contributed by atoms with van der Waals surface area (Å²) in [5.41, 5.74) is 1.79. The lowest BCUT2D eigenvalue weighted by Gasteiger charge is -2.27. The van der Waals surface area contributed by atoms with E-state index in [2.05, 4.69) is 0 Å². The lowest BCUT2D eigenvalue weighted by Crippen LogP contribution is -2.24. The molecule has 0 saturated carbocycles. The number of halogens is 5. The van der Waals surface area contributed by atoms with Crippen LogP contribution in [-0.4, -0.2) is 23.6 Å². The smallest absolute Gasteiger partial charge is 0.303 e. The number of alkyl halides is 2. The summed E-state index contributed by atoms with van der Waals surface area (Å²) >= 11 is 5.88. The van der Waals surface area contributed by atoms with Gasteiger partial charge in [0, 0.05) is 24.3 Å². The van der Waals surface area contributed by atoms with Crippen LogP contribution >= 0.6 is 11.6 Å². The second kappa shape index (κ2) is 9.08. The minimum Gasteiger partial charge on any atom is -0.483 e. The molecule has 0 fully saturated rings. The molecule has 0 aromatic heterocycles. The van der Waals surface area contributed by atoms with Crippen molar-refractivity contribution in [2.75, 3.05) is 6.61 Å². The van der Waals surface area contributed by atoms with E-state index in [1.807, 2.05) is 0 Å². The number of carboxylic acids is 1. The topological polar surface area (TPSA) is 46.5 Å². The van der Waals surface area contributed by atoms with Gasteiger partial charge in [0.25, 0.3) is 5.92 Å². The van der Waals surface area contributed by atoms with Crippen molar-refractivity contribution in [1.29, 1.82) is 0 Å². The van der Waals surface area contributed by atoms with Crippen LogP contribution in [0.25, 0.3) is 5.57 Å². The van der Waals surface area contributed by atoms with Gasteiger partial charge in [-0.2, -0.15) is 0 Å². The Balaban J connectivity index is 1.84. The van der Waals surface area contributed by atoms with Crippen LogP contribution in [0.4, 0.5) is 17.6 Å². The second-order valence-corrected chi connectivity index (χ2v) is 7.63. The molecule has 3 nitrogen and oxygen atoms in total. The number of allylic oxidation sites excluding steroid dienone is 1. The highest BCUT2D eigenvalue weighted by atomic mass is 35.5. The van der Waals surface area contributed by atoms with Gasteiger partial charge in [-0.15, -0.1) is 0 Å². The van der Waals surface area contributed by atoms with E-state index in [9.17, 15) is 22.4 Å². The maximum Gasteiger partial charge on any atom is 0.303 e. The fraction of sp³-hybridized carbons (Fsp3) is 0.318. The Morgan fingerprint density at radius 3 is 2.37 bits per heavy atom. The van der Waals surface area contributed by atoms with Crippen LogP contribution in [0.3, 0.4) is 0 Å². The molecular weight excluding hydrogens is 424 g/mol. The van der Waals surface area contributed by atoms with Crippen molar-refractivity contribution in [2.24, 2.45) is 0 Å². The predicted octanol–water partition coefficient (Wildman–Crippen LogP) is 6.29. The van der Waals surface area contributed by atoms with Crippen LogP contribution in [0.5, 0.6) is 5.75 Å². The molecule has 30 heavy (non-hydrogen) atoms. The monoisotopic (exact) mass is 442 g/mol. The van der Waals surface area contributed by atoms with Crippen LogP contribution in [-0.2, 0) is 11.2 Å². The molecule has 0 bridgehead atoms. The van der Waals surface area contributed by atoms with Crippen LogP contribution in [0.15, 0.2) is 42.0 Å². The molecule has 2 aromatic rings. The van der Waals surface area contributed by atoms with E-state index in [1.54, 1.807) is 24.3 Å². The summed E-state index contributed by atoms with van der Waals surface area (Å²) in [5.74, 6) is -6.70. The predicted molar refractivity (Wildman–Crippen MR) is 105 cm³/mol. The third-order valence-corrected chi connectivity index (χ3v) is 5.16. The molecule has 160 valence electrons. The molecule has 0 unspecified atom stereocenters. The van der Waals surface area contributed by atoms with Gasteiger partial charge < -0.3 is 9.84 Å². The minimum atomic E-state index is -2.92. The largest absolute Gasteiger partial charge is 0.483 e. The van der Waals surface area contributed by atoms with Gasteiger partial charge in [0.1, 0.15) is 6.61 Å². The molecule has 0 saturated heterocycles. The van der Waals surface area contributed by atoms with Crippen LogP contribution in [0, 0.1) is 11.6 Å². The van der Waals surface area contributed by atoms with Crippen molar-refractivity contribution < 1.29 is 32.2 Å². The third-order valence-electron chi connectivity index (χ3n) is 4.91. The van der Waals surface area contributed by atoms with Gasteiger partial charge >= 0.3 is 5.97 Å². The van der Waals surface area contributed by atoms with Gasteiger partial charge in [0.15, 0.2) is 17.4 Å². The van der Waals surface area contributed by atoms with Crippen molar-refractivity contribution in [2.45, 2.75) is 38.0 Å². The Labute approximate surface area is 175 Å². The summed E-state index contributed by atoms with van der Waals surface area (Å²) in [6.07, 6.45) is -1.10. The first-order valence-electron chi connectivity index (χ1n) is 9.32. The van der Waals surface area contributed by atoms with Crippen molar-refractivity contribution in [1.82, 2.24) is 0 Å². The van der Waals surface area contributed by atoms with Crippen molar-refractivity contribution in [3.05, 3.63) is 69.8 Å². The zero-order valence-electron chi connectivity index (χ0n) is 15.9. The van der Waals surface area contributed by atoms with Gasteiger partial charge in [0.2, 0.25) is 0 Å².